The van der Waals surface area contributed by atoms with Gasteiger partial charge >= 0.3 is 0 Å². The molecule has 0 bridgehead atoms. The molecule has 1 aromatic rings. The van der Waals surface area contributed by atoms with E-state index in [2.05, 4.69) is 21.2 Å². The zero-order valence-corrected chi connectivity index (χ0v) is 11.4. The molecular weight excluding hydrogens is 284 g/mol. The maximum absolute atomic E-state index is 11.8. The monoisotopic (exact) mass is 300 g/mol. The highest BCUT2D eigenvalue weighted by atomic mass is 79.9. The third-order valence-electron chi connectivity index (χ3n) is 2.86. The number of rotatable bonds is 5. The smallest absolute Gasteiger partial charge is 0.253 e. The van der Waals surface area contributed by atoms with Crippen molar-refractivity contribution in [2.75, 3.05) is 6.54 Å². The molecule has 5 heteroatoms. The van der Waals surface area contributed by atoms with E-state index in [4.69, 9.17) is 0 Å². The second-order valence-corrected chi connectivity index (χ2v) is 5.55. The lowest BCUT2D eigenvalue weighted by Crippen LogP contribution is -2.35. The number of aliphatic hydroxyl groups excluding tert-OH is 1. The van der Waals surface area contributed by atoms with Gasteiger partial charge < -0.3 is 15.0 Å². The van der Waals surface area contributed by atoms with Crippen LogP contribution in [0, 0.1) is 6.92 Å². The van der Waals surface area contributed by atoms with E-state index in [9.17, 15) is 9.90 Å². The van der Waals surface area contributed by atoms with E-state index in [1.807, 2.05) is 0 Å². The van der Waals surface area contributed by atoms with E-state index in [1.54, 1.807) is 23.8 Å². The molecule has 0 amide bonds. The van der Waals surface area contributed by atoms with Gasteiger partial charge in [-0.15, -0.1) is 0 Å². The molecule has 2 rings (SSSR count). The van der Waals surface area contributed by atoms with Crippen LogP contribution in [0.15, 0.2) is 21.5 Å². The number of nitrogens with zero attached hydrogens (tertiary/aromatic N) is 1. The fourth-order valence-electron chi connectivity index (χ4n) is 1.76. The Morgan fingerprint density at radius 2 is 2.35 bits per heavy atom. The first-order valence-electron chi connectivity index (χ1n) is 5.84. The molecule has 1 unspecified atom stereocenters. The molecular formula is C12H17BrN2O2. The van der Waals surface area contributed by atoms with Crippen LogP contribution in [0.3, 0.4) is 0 Å². The SMILES string of the molecule is Cc1cc(Br)cn(CC(O)CNC2CC2)c1=O. The Labute approximate surface area is 109 Å². The standard InChI is InChI=1S/C12H17BrN2O2/c1-8-4-9(13)6-15(12(8)17)7-11(16)5-14-10-2-3-10/h4,6,10-11,14,16H,2-3,5,7H2,1H3. The van der Waals surface area contributed by atoms with Gasteiger partial charge in [0.25, 0.3) is 5.56 Å². The Balaban J connectivity index is 1.98. The summed E-state index contributed by atoms with van der Waals surface area (Å²) in [5.41, 5.74) is 0.639. The second-order valence-electron chi connectivity index (χ2n) is 4.64. The van der Waals surface area contributed by atoms with Crippen molar-refractivity contribution in [1.82, 2.24) is 9.88 Å². The van der Waals surface area contributed by atoms with Gasteiger partial charge in [0.05, 0.1) is 12.6 Å². The largest absolute Gasteiger partial charge is 0.390 e. The molecule has 0 spiro atoms. The first-order chi connectivity index (χ1) is 8.06. The van der Waals surface area contributed by atoms with Gasteiger partial charge in [0, 0.05) is 28.8 Å². The fraction of sp³-hybridized carbons (Fsp3) is 0.583. The number of hydrogen-bond acceptors (Lipinski definition) is 3. The second kappa shape index (κ2) is 5.33. The van der Waals surface area contributed by atoms with Gasteiger partial charge in [-0.3, -0.25) is 4.79 Å². The molecule has 1 atom stereocenters. The minimum atomic E-state index is -0.526. The summed E-state index contributed by atoms with van der Waals surface area (Å²) < 4.78 is 2.41. The zero-order valence-electron chi connectivity index (χ0n) is 9.82. The van der Waals surface area contributed by atoms with E-state index >= 15 is 0 Å². The van der Waals surface area contributed by atoms with Gasteiger partial charge in [-0.25, -0.2) is 0 Å². The summed E-state index contributed by atoms with van der Waals surface area (Å²) in [5.74, 6) is 0. The van der Waals surface area contributed by atoms with Crippen LogP contribution in [0.1, 0.15) is 18.4 Å². The molecule has 17 heavy (non-hydrogen) atoms. The third-order valence-corrected chi connectivity index (χ3v) is 3.29. The number of pyridine rings is 1. The Bertz CT molecular complexity index is 454. The fourth-order valence-corrected chi connectivity index (χ4v) is 2.35. The lowest BCUT2D eigenvalue weighted by molar-refractivity contribution is 0.149. The average molecular weight is 301 g/mol. The summed E-state index contributed by atoms with van der Waals surface area (Å²) in [6, 6.07) is 2.36. The number of halogens is 1. The molecule has 0 saturated heterocycles. The first-order valence-corrected chi connectivity index (χ1v) is 6.63. The number of aliphatic hydroxyl groups is 1. The van der Waals surface area contributed by atoms with Crippen molar-refractivity contribution >= 4 is 15.9 Å². The molecule has 1 heterocycles. The van der Waals surface area contributed by atoms with Gasteiger partial charge in [0.15, 0.2) is 0 Å². The quantitative estimate of drug-likeness (QED) is 0.854. The van der Waals surface area contributed by atoms with E-state index in [-0.39, 0.29) is 5.56 Å². The first kappa shape index (κ1) is 12.8. The van der Waals surface area contributed by atoms with Crippen LogP contribution >= 0.6 is 15.9 Å². The molecule has 4 nitrogen and oxygen atoms in total. The Kier molecular flexibility index (Phi) is 4.01. The summed E-state index contributed by atoms with van der Waals surface area (Å²) in [6.45, 7) is 2.65. The predicted molar refractivity (Wildman–Crippen MR) is 70.2 cm³/mol. The summed E-state index contributed by atoms with van der Waals surface area (Å²) >= 11 is 3.35. The number of nitrogens with one attached hydrogen (secondary N) is 1. The van der Waals surface area contributed by atoms with Crippen LogP contribution in [0.5, 0.6) is 0 Å². The van der Waals surface area contributed by atoms with Gasteiger partial charge in [0.2, 0.25) is 0 Å². The molecule has 94 valence electrons. The van der Waals surface area contributed by atoms with Gasteiger partial charge in [-0.1, -0.05) is 0 Å². The van der Waals surface area contributed by atoms with E-state index in [0.717, 1.165) is 4.47 Å². The molecule has 1 aromatic heterocycles. The highest BCUT2D eigenvalue weighted by Crippen LogP contribution is 2.18. The van der Waals surface area contributed by atoms with Crippen LogP contribution in [0.4, 0.5) is 0 Å². The predicted octanol–water partition coefficient (Wildman–Crippen LogP) is 1.03. The number of aromatic nitrogens is 1. The average Bonchev–Trinajstić information content (AvgIpc) is 3.06. The lowest BCUT2D eigenvalue weighted by Gasteiger charge is -2.14. The van der Waals surface area contributed by atoms with Crippen molar-refractivity contribution in [1.29, 1.82) is 0 Å². The van der Waals surface area contributed by atoms with E-state index in [0.29, 0.717) is 24.7 Å². The third kappa shape index (κ3) is 3.66. The summed E-state index contributed by atoms with van der Waals surface area (Å²) in [5, 5.41) is 13.1. The topological polar surface area (TPSA) is 54.3 Å². The molecule has 2 N–H and O–H groups in total. The van der Waals surface area contributed by atoms with Crippen molar-refractivity contribution in [3.63, 3.8) is 0 Å². The van der Waals surface area contributed by atoms with Crippen molar-refractivity contribution in [2.24, 2.45) is 0 Å². The molecule has 1 aliphatic carbocycles. The Morgan fingerprint density at radius 3 is 3.00 bits per heavy atom. The Hall–Kier alpha value is -0.650. The van der Waals surface area contributed by atoms with Crippen LogP contribution in [-0.2, 0) is 6.54 Å². The van der Waals surface area contributed by atoms with Crippen molar-refractivity contribution in [3.8, 4) is 0 Å². The van der Waals surface area contributed by atoms with Crippen LogP contribution in [0.25, 0.3) is 0 Å². The highest BCUT2D eigenvalue weighted by Gasteiger charge is 2.21. The van der Waals surface area contributed by atoms with Crippen molar-refractivity contribution < 1.29 is 5.11 Å². The normalized spacial score (nSPS) is 17.1. The van der Waals surface area contributed by atoms with Gasteiger partial charge in [-0.05, 0) is 41.8 Å². The van der Waals surface area contributed by atoms with E-state index in [1.165, 1.54) is 12.8 Å². The summed E-state index contributed by atoms with van der Waals surface area (Å²) in [7, 11) is 0. The minimum Gasteiger partial charge on any atom is -0.390 e. The maximum Gasteiger partial charge on any atom is 0.253 e. The molecule has 1 saturated carbocycles. The molecule has 1 fully saturated rings. The molecule has 1 aliphatic rings. The van der Waals surface area contributed by atoms with Crippen molar-refractivity contribution in [2.45, 2.75) is 38.5 Å². The van der Waals surface area contributed by atoms with Crippen LogP contribution in [0.2, 0.25) is 0 Å². The Morgan fingerprint density at radius 1 is 1.65 bits per heavy atom. The molecule has 0 aliphatic heterocycles. The summed E-state index contributed by atoms with van der Waals surface area (Å²) in [4.78, 5) is 11.8. The van der Waals surface area contributed by atoms with Gasteiger partial charge in [0.1, 0.15) is 0 Å². The number of hydrogen-bond donors (Lipinski definition) is 2. The van der Waals surface area contributed by atoms with Crippen LogP contribution in [-0.4, -0.2) is 28.4 Å². The van der Waals surface area contributed by atoms with Gasteiger partial charge in [-0.2, -0.15) is 0 Å². The molecule has 0 radical (unpaired) electrons. The highest BCUT2D eigenvalue weighted by molar-refractivity contribution is 9.10. The lowest BCUT2D eigenvalue weighted by atomic mass is 10.3. The number of aryl methyl sites for hydroxylation is 1. The minimum absolute atomic E-state index is 0.0429. The zero-order chi connectivity index (χ0) is 12.4. The summed E-state index contributed by atoms with van der Waals surface area (Å²) in [6.07, 6.45) is 3.59. The molecule has 0 aromatic carbocycles. The van der Waals surface area contributed by atoms with Crippen LogP contribution < -0.4 is 10.9 Å². The maximum atomic E-state index is 11.8. The van der Waals surface area contributed by atoms with E-state index < -0.39 is 6.10 Å². The van der Waals surface area contributed by atoms with Crippen molar-refractivity contribution in [3.05, 3.63) is 32.7 Å².